The molecular formula is C23H32N4O2. The fourth-order valence-corrected chi connectivity index (χ4v) is 4.61. The number of fused-ring (bicyclic) bond motifs is 2. The molecule has 2 aromatic heterocycles. The number of allylic oxidation sites excluding steroid dienone is 1. The molecule has 6 heteroatoms. The van der Waals surface area contributed by atoms with E-state index in [0.717, 1.165) is 42.0 Å². The Hall–Kier alpha value is -2.34. The monoisotopic (exact) mass is 396 g/mol. The van der Waals surface area contributed by atoms with Crippen LogP contribution >= 0.6 is 0 Å². The van der Waals surface area contributed by atoms with Gasteiger partial charge in [-0.2, -0.15) is 5.10 Å². The van der Waals surface area contributed by atoms with Crippen LogP contribution in [-0.2, 0) is 22.4 Å². The lowest BCUT2D eigenvalue weighted by Crippen LogP contribution is -2.36. The van der Waals surface area contributed by atoms with Gasteiger partial charge in [-0.25, -0.2) is 0 Å². The number of rotatable bonds is 4. The summed E-state index contributed by atoms with van der Waals surface area (Å²) < 4.78 is 5.20. The molecule has 2 aliphatic carbocycles. The average Bonchev–Trinajstić information content (AvgIpc) is 3.28. The van der Waals surface area contributed by atoms with Crippen LogP contribution < -0.4 is 0 Å². The van der Waals surface area contributed by atoms with Crippen LogP contribution in [0.1, 0.15) is 69.0 Å². The lowest BCUT2D eigenvalue weighted by atomic mass is 9.76. The number of nitrogens with one attached hydrogen (secondary N) is 2. The summed E-state index contributed by atoms with van der Waals surface area (Å²) in [5.74, 6) is 0.307. The van der Waals surface area contributed by atoms with E-state index in [4.69, 9.17) is 4.74 Å². The molecule has 6 nitrogen and oxygen atoms in total. The molecule has 0 saturated carbocycles. The summed E-state index contributed by atoms with van der Waals surface area (Å²) in [5, 5.41) is 7.94. The Morgan fingerprint density at radius 2 is 2.17 bits per heavy atom. The second kappa shape index (κ2) is 7.17. The maximum absolute atomic E-state index is 12.5. The molecule has 0 radical (unpaired) electrons. The van der Waals surface area contributed by atoms with Crippen molar-refractivity contribution in [1.29, 1.82) is 0 Å². The normalized spacial score (nSPS) is 21.2. The van der Waals surface area contributed by atoms with Crippen molar-refractivity contribution in [2.45, 2.75) is 65.4 Å². The van der Waals surface area contributed by atoms with Gasteiger partial charge in [-0.3, -0.25) is 9.89 Å². The first-order valence-electron chi connectivity index (χ1n) is 10.5. The molecule has 2 atom stereocenters. The zero-order valence-corrected chi connectivity index (χ0v) is 18.3. The Labute approximate surface area is 172 Å². The van der Waals surface area contributed by atoms with Crippen LogP contribution in [0.5, 0.6) is 0 Å². The van der Waals surface area contributed by atoms with Gasteiger partial charge in [0.15, 0.2) is 0 Å². The predicted octanol–water partition coefficient (Wildman–Crippen LogP) is 4.26. The summed E-state index contributed by atoms with van der Waals surface area (Å²) in [4.78, 5) is 17.8. The first-order chi connectivity index (χ1) is 13.7. The van der Waals surface area contributed by atoms with E-state index >= 15 is 0 Å². The zero-order valence-electron chi connectivity index (χ0n) is 18.3. The van der Waals surface area contributed by atoms with Gasteiger partial charge in [-0.15, -0.1) is 0 Å². The van der Waals surface area contributed by atoms with Gasteiger partial charge in [-0.1, -0.05) is 20.8 Å². The second-order valence-electron chi connectivity index (χ2n) is 9.44. The highest BCUT2D eigenvalue weighted by atomic mass is 16.5. The number of carbonyl (C=O) groups is 1. The van der Waals surface area contributed by atoms with Crippen molar-refractivity contribution in [2.75, 3.05) is 14.2 Å². The number of aromatic nitrogens is 3. The van der Waals surface area contributed by atoms with Crippen LogP contribution in [0.2, 0.25) is 0 Å². The molecule has 1 amide bonds. The smallest absolute Gasteiger partial charge is 0.255 e. The number of hydrogen-bond acceptors (Lipinski definition) is 3. The Balaban J connectivity index is 1.66. The SMILES string of the molecule is COC(C)C(=O)N(C)C1=Cc2[nH]c(-c3n[nH]c4c3CCC(C)(C)C4)cc2C(C)C1. The number of amides is 1. The van der Waals surface area contributed by atoms with Crippen LogP contribution in [0.3, 0.4) is 0 Å². The highest BCUT2D eigenvalue weighted by Gasteiger charge is 2.31. The van der Waals surface area contributed by atoms with Crippen LogP contribution in [0.15, 0.2) is 11.8 Å². The van der Waals surface area contributed by atoms with Gasteiger partial charge in [0.2, 0.25) is 0 Å². The highest BCUT2D eigenvalue weighted by Crippen LogP contribution is 2.40. The number of likely N-dealkylation sites (N-methyl/N-ethyl adjacent to an activating group) is 1. The van der Waals surface area contributed by atoms with Crippen molar-refractivity contribution in [2.24, 2.45) is 5.41 Å². The Bertz CT molecular complexity index is 966. The summed E-state index contributed by atoms with van der Waals surface area (Å²) in [7, 11) is 3.40. The molecule has 4 rings (SSSR count). The van der Waals surface area contributed by atoms with E-state index in [1.54, 1.807) is 18.9 Å². The molecule has 2 aliphatic rings. The molecule has 2 N–H and O–H groups in total. The third-order valence-corrected chi connectivity index (χ3v) is 6.62. The van der Waals surface area contributed by atoms with E-state index in [0.29, 0.717) is 11.3 Å². The summed E-state index contributed by atoms with van der Waals surface area (Å²) >= 11 is 0. The molecule has 29 heavy (non-hydrogen) atoms. The zero-order chi connectivity index (χ0) is 20.9. The lowest BCUT2D eigenvalue weighted by Gasteiger charge is -2.29. The number of H-pyrrole nitrogens is 2. The largest absolute Gasteiger partial charge is 0.372 e. The van der Waals surface area contributed by atoms with Crippen molar-refractivity contribution in [3.8, 4) is 11.4 Å². The van der Waals surface area contributed by atoms with Gasteiger partial charge in [0, 0.05) is 36.8 Å². The fourth-order valence-electron chi connectivity index (χ4n) is 4.61. The average molecular weight is 397 g/mol. The standard InChI is InChI=1S/C23H32N4O2/c1-13-9-15(27(5)22(28)14(2)29-6)10-18-17(13)11-19(24-18)21-16-7-8-23(3,4)12-20(16)25-26-21/h10-11,13-14,24H,7-9,12H2,1-6H3,(H,25,26). The number of nitrogens with zero attached hydrogens (tertiary/aromatic N) is 2. The minimum atomic E-state index is -0.448. The number of hydrogen-bond donors (Lipinski definition) is 2. The van der Waals surface area contributed by atoms with Crippen molar-refractivity contribution in [3.05, 3.63) is 34.3 Å². The van der Waals surface area contributed by atoms with Gasteiger partial charge in [0.25, 0.3) is 5.91 Å². The molecule has 2 aromatic rings. The van der Waals surface area contributed by atoms with E-state index in [-0.39, 0.29) is 5.91 Å². The van der Waals surface area contributed by atoms with E-state index in [1.807, 2.05) is 7.05 Å². The molecule has 0 saturated heterocycles. The second-order valence-corrected chi connectivity index (χ2v) is 9.44. The molecule has 2 heterocycles. The Morgan fingerprint density at radius 1 is 1.41 bits per heavy atom. The lowest BCUT2D eigenvalue weighted by molar-refractivity contribution is -0.137. The summed E-state index contributed by atoms with van der Waals surface area (Å²) in [6.07, 6.45) is 5.76. The molecular weight excluding hydrogens is 364 g/mol. The van der Waals surface area contributed by atoms with Crippen molar-refractivity contribution in [1.82, 2.24) is 20.1 Å². The van der Waals surface area contributed by atoms with E-state index in [2.05, 4.69) is 48.1 Å². The van der Waals surface area contributed by atoms with Gasteiger partial charge < -0.3 is 14.6 Å². The molecule has 0 spiro atoms. The summed E-state index contributed by atoms with van der Waals surface area (Å²) in [6.45, 7) is 8.63. The van der Waals surface area contributed by atoms with Gasteiger partial charge in [0.1, 0.15) is 11.8 Å². The summed E-state index contributed by atoms with van der Waals surface area (Å²) in [5.41, 5.74) is 8.43. The number of carbonyl (C=O) groups excluding carboxylic acids is 1. The van der Waals surface area contributed by atoms with Crippen molar-refractivity contribution in [3.63, 3.8) is 0 Å². The van der Waals surface area contributed by atoms with Crippen LogP contribution in [0, 0.1) is 5.41 Å². The van der Waals surface area contributed by atoms with E-state index in [1.165, 1.54) is 23.2 Å². The predicted molar refractivity (Wildman–Crippen MR) is 114 cm³/mol. The van der Waals surface area contributed by atoms with Crippen molar-refractivity contribution >= 4 is 12.0 Å². The Kier molecular flexibility index (Phi) is 4.93. The molecule has 156 valence electrons. The molecule has 0 bridgehead atoms. The highest BCUT2D eigenvalue weighted by molar-refractivity contribution is 5.83. The number of aromatic amines is 2. The van der Waals surface area contributed by atoms with E-state index in [9.17, 15) is 4.79 Å². The maximum Gasteiger partial charge on any atom is 0.255 e. The van der Waals surface area contributed by atoms with Crippen LogP contribution in [0.25, 0.3) is 17.5 Å². The van der Waals surface area contributed by atoms with Gasteiger partial charge >= 0.3 is 0 Å². The maximum atomic E-state index is 12.5. The third kappa shape index (κ3) is 3.54. The topological polar surface area (TPSA) is 74.0 Å². The quantitative estimate of drug-likeness (QED) is 0.811. The summed E-state index contributed by atoms with van der Waals surface area (Å²) in [6, 6.07) is 2.24. The van der Waals surface area contributed by atoms with E-state index < -0.39 is 6.10 Å². The molecule has 0 fully saturated rings. The minimum Gasteiger partial charge on any atom is -0.372 e. The fraction of sp³-hybridized carbons (Fsp3) is 0.565. The molecule has 0 aromatic carbocycles. The van der Waals surface area contributed by atoms with Crippen molar-refractivity contribution < 1.29 is 9.53 Å². The number of methoxy groups -OCH3 is 1. The first kappa shape index (κ1) is 20.0. The first-order valence-corrected chi connectivity index (χ1v) is 10.5. The minimum absolute atomic E-state index is 0.0230. The third-order valence-electron chi connectivity index (χ3n) is 6.62. The van der Waals surface area contributed by atoms with Crippen LogP contribution in [0.4, 0.5) is 0 Å². The molecule has 2 unspecified atom stereocenters. The van der Waals surface area contributed by atoms with Gasteiger partial charge in [0.05, 0.1) is 5.69 Å². The number of ether oxygens (including phenoxy) is 1. The van der Waals surface area contributed by atoms with Crippen LogP contribution in [-0.4, -0.2) is 46.2 Å². The van der Waals surface area contributed by atoms with Gasteiger partial charge in [-0.05, 0) is 61.6 Å². The Morgan fingerprint density at radius 3 is 2.90 bits per heavy atom. The molecule has 0 aliphatic heterocycles.